The van der Waals surface area contributed by atoms with E-state index in [-0.39, 0.29) is 12.5 Å². The highest BCUT2D eigenvalue weighted by Crippen LogP contribution is 2.07. The highest BCUT2D eigenvalue weighted by molar-refractivity contribution is 5.67. The number of carboxylic acid groups (broad SMARTS) is 1. The van der Waals surface area contributed by atoms with E-state index in [9.17, 15) is 4.79 Å². The molecule has 1 aromatic rings. The molecule has 0 heterocycles. The maximum absolute atomic E-state index is 10.4. The van der Waals surface area contributed by atoms with Gasteiger partial charge in [0, 0.05) is 0 Å². The van der Waals surface area contributed by atoms with Gasteiger partial charge in [0.15, 0.2) is 0 Å². The first-order valence-electron chi connectivity index (χ1n) is 5.19. The van der Waals surface area contributed by atoms with Crippen molar-refractivity contribution in [3.8, 4) is 5.75 Å². The van der Waals surface area contributed by atoms with E-state index in [2.05, 4.69) is 0 Å². The van der Waals surface area contributed by atoms with Crippen LogP contribution in [0.3, 0.4) is 0 Å². The van der Waals surface area contributed by atoms with Crippen LogP contribution in [0.1, 0.15) is 13.3 Å². The minimum Gasteiger partial charge on any atom is -0.491 e. The normalized spacial score (nSPS) is 12.1. The van der Waals surface area contributed by atoms with E-state index in [1.165, 1.54) is 0 Å². The summed E-state index contributed by atoms with van der Waals surface area (Å²) in [6.07, 6.45) is -0.261. The van der Waals surface area contributed by atoms with Gasteiger partial charge >= 0.3 is 5.97 Å². The molecule has 1 rings (SSSR count). The van der Waals surface area contributed by atoms with Gasteiger partial charge in [-0.15, -0.1) is 0 Å². The third kappa shape index (κ3) is 5.36. The number of hydrogen-bond acceptors (Lipinski definition) is 3. The minimum absolute atomic E-state index is 0.0192. The van der Waals surface area contributed by atoms with E-state index in [0.717, 1.165) is 5.75 Å². The molecule has 0 fully saturated rings. The Morgan fingerprint density at radius 2 is 2.00 bits per heavy atom. The molecule has 88 valence electrons. The maximum Gasteiger partial charge on any atom is 0.305 e. The van der Waals surface area contributed by atoms with Crippen molar-refractivity contribution in [1.82, 2.24) is 0 Å². The van der Waals surface area contributed by atoms with Gasteiger partial charge < -0.3 is 14.6 Å². The first-order valence-corrected chi connectivity index (χ1v) is 5.19. The fraction of sp³-hybridized carbons (Fsp3) is 0.417. The fourth-order valence-electron chi connectivity index (χ4n) is 1.23. The molecule has 0 spiro atoms. The zero-order valence-electron chi connectivity index (χ0n) is 9.26. The van der Waals surface area contributed by atoms with Gasteiger partial charge in [0.1, 0.15) is 12.4 Å². The van der Waals surface area contributed by atoms with Crippen LogP contribution in [0.2, 0.25) is 0 Å². The van der Waals surface area contributed by atoms with Crippen molar-refractivity contribution in [1.29, 1.82) is 0 Å². The number of ether oxygens (including phenoxy) is 2. The number of aliphatic carboxylic acids is 1. The first kappa shape index (κ1) is 12.5. The van der Waals surface area contributed by atoms with Crippen LogP contribution in [0.15, 0.2) is 30.3 Å². The number of para-hydroxylation sites is 1. The molecule has 0 aliphatic heterocycles. The van der Waals surface area contributed by atoms with Crippen molar-refractivity contribution in [2.75, 3.05) is 13.2 Å². The number of carbonyl (C=O) groups is 1. The fourth-order valence-corrected chi connectivity index (χ4v) is 1.23. The molecule has 0 bridgehead atoms. The average molecular weight is 224 g/mol. The van der Waals surface area contributed by atoms with Gasteiger partial charge in [-0.1, -0.05) is 18.2 Å². The van der Waals surface area contributed by atoms with Crippen LogP contribution in [0.25, 0.3) is 0 Å². The lowest BCUT2D eigenvalue weighted by atomic mass is 10.3. The molecule has 4 heteroatoms. The SMILES string of the molecule is C[C@@H](CC(=O)O)OCCOc1ccccc1. The Bertz CT molecular complexity index is 310. The summed E-state index contributed by atoms with van der Waals surface area (Å²) in [5, 5.41) is 8.51. The van der Waals surface area contributed by atoms with Crippen molar-refractivity contribution in [3.05, 3.63) is 30.3 Å². The zero-order valence-corrected chi connectivity index (χ0v) is 9.26. The Hall–Kier alpha value is -1.55. The molecule has 16 heavy (non-hydrogen) atoms. The lowest BCUT2D eigenvalue weighted by Gasteiger charge is -2.11. The van der Waals surface area contributed by atoms with E-state index < -0.39 is 5.97 Å². The molecular formula is C12H16O4. The molecule has 1 atom stereocenters. The van der Waals surface area contributed by atoms with Crippen LogP contribution < -0.4 is 4.74 Å². The van der Waals surface area contributed by atoms with Crippen LogP contribution in [0.4, 0.5) is 0 Å². The molecule has 0 saturated carbocycles. The van der Waals surface area contributed by atoms with Crippen LogP contribution in [-0.4, -0.2) is 30.4 Å². The summed E-state index contributed by atoms with van der Waals surface area (Å²) in [5.74, 6) is -0.0616. The van der Waals surface area contributed by atoms with Crippen molar-refractivity contribution < 1.29 is 19.4 Å². The van der Waals surface area contributed by atoms with Gasteiger partial charge in [-0.25, -0.2) is 0 Å². The predicted octanol–water partition coefficient (Wildman–Crippen LogP) is 1.95. The third-order valence-corrected chi connectivity index (χ3v) is 1.96. The minimum atomic E-state index is -0.850. The second kappa shape index (κ2) is 6.85. The van der Waals surface area contributed by atoms with Gasteiger partial charge in [-0.2, -0.15) is 0 Å². The largest absolute Gasteiger partial charge is 0.491 e. The maximum atomic E-state index is 10.4. The Balaban J connectivity index is 2.10. The molecule has 0 aliphatic carbocycles. The Morgan fingerprint density at radius 3 is 2.62 bits per heavy atom. The number of hydrogen-bond donors (Lipinski definition) is 1. The number of benzene rings is 1. The lowest BCUT2D eigenvalue weighted by Crippen LogP contribution is -2.17. The van der Waals surface area contributed by atoms with Gasteiger partial charge in [-0.3, -0.25) is 4.79 Å². The Labute approximate surface area is 94.8 Å². The second-order valence-corrected chi connectivity index (χ2v) is 3.44. The number of rotatable bonds is 7. The van der Waals surface area contributed by atoms with E-state index >= 15 is 0 Å². The van der Waals surface area contributed by atoms with E-state index in [4.69, 9.17) is 14.6 Å². The summed E-state index contributed by atoms with van der Waals surface area (Å²) in [5.41, 5.74) is 0. The highest BCUT2D eigenvalue weighted by atomic mass is 16.5. The van der Waals surface area contributed by atoms with Crippen LogP contribution in [-0.2, 0) is 9.53 Å². The monoisotopic (exact) mass is 224 g/mol. The topological polar surface area (TPSA) is 55.8 Å². The predicted molar refractivity (Wildman–Crippen MR) is 59.6 cm³/mol. The standard InChI is InChI=1S/C12H16O4/c1-10(9-12(13)14)15-7-8-16-11-5-3-2-4-6-11/h2-6,10H,7-9H2,1H3,(H,13,14)/t10-/m0/s1. The van der Waals surface area contributed by atoms with Crippen molar-refractivity contribution >= 4 is 5.97 Å². The molecule has 0 aliphatic rings. The molecule has 0 saturated heterocycles. The Morgan fingerprint density at radius 1 is 1.31 bits per heavy atom. The summed E-state index contributed by atoms with van der Waals surface area (Å²) < 4.78 is 10.7. The van der Waals surface area contributed by atoms with Crippen LogP contribution in [0.5, 0.6) is 5.75 Å². The first-order chi connectivity index (χ1) is 7.68. The van der Waals surface area contributed by atoms with E-state index in [1.54, 1.807) is 6.92 Å². The van der Waals surface area contributed by atoms with Gasteiger partial charge in [0.25, 0.3) is 0 Å². The molecular weight excluding hydrogens is 208 g/mol. The third-order valence-electron chi connectivity index (χ3n) is 1.96. The highest BCUT2D eigenvalue weighted by Gasteiger charge is 2.07. The quantitative estimate of drug-likeness (QED) is 0.719. The Kier molecular flexibility index (Phi) is 5.36. The van der Waals surface area contributed by atoms with Gasteiger partial charge in [-0.05, 0) is 19.1 Å². The summed E-state index contributed by atoms with van der Waals surface area (Å²) in [6, 6.07) is 9.42. The molecule has 0 amide bonds. The van der Waals surface area contributed by atoms with Crippen LogP contribution >= 0.6 is 0 Å². The smallest absolute Gasteiger partial charge is 0.305 e. The summed E-state index contributed by atoms with van der Waals surface area (Å²) in [4.78, 5) is 10.4. The van der Waals surface area contributed by atoms with Crippen LogP contribution in [0, 0.1) is 0 Å². The van der Waals surface area contributed by atoms with Crippen molar-refractivity contribution in [3.63, 3.8) is 0 Å². The summed E-state index contributed by atoms with van der Waals surface area (Å²) >= 11 is 0. The molecule has 4 nitrogen and oxygen atoms in total. The lowest BCUT2D eigenvalue weighted by molar-refractivity contribution is -0.140. The molecule has 1 N–H and O–H groups in total. The van der Waals surface area contributed by atoms with Gasteiger partial charge in [0.2, 0.25) is 0 Å². The summed E-state index contributed by atoms with van der Waals surface area (Å²) in [7, 11) is 0. The van der Waals surface area contributed by atoms with E-state index in [0.29, 0.717) is 13.2 Å². The van der Waals surface area contributed by atoms with Crippen molar-refractivity contribution in [2.24, 2.45) is 0 Å². The number of carboxylic acids is 1. The summed E-state index contributed by atoms with van der Waals surface area (Å²) in [6.45, 7) is 2.55. The molecule has 0 unspecified atom stereocenters. The van der Waals surface area contributed by atoms with E-state index in [1.807, 2.05) is 30.3 Å². The van der Waals surface area contributed by atoms with Gasteiger partial charge in [0.05, 0.1) is 19.1 Å². The average Bonchev–Trinajstić information content (AvgIpc) is 2.25. The second-order valence-electron chi connectivity index (χ2n) is 3.44. The molecule has 0 radical (unpaired) electrons. The molecule has 0 aromatic heterocycles. The molecule has 1 aromatic carbocycles. The van der Waals surface area contributed by atoms with Crippen molar-refractivity contribution in [2.45, 2.75) is 19.4 Å². The zero-order chi connectivity index (χ0) is 11.8.